The average Bonchev–Trinajstić information content (AvgIpc) is 2.35. The number of rotatable bonds is 0. The van der Waals surface area contributed by atoms with Gasteiger partial charge in [0.05, 0.1) is 12.0 Å². The van der Waals surface area contributed by atoms with E-state index in [9.17, 15) is 0 Å². The highest BCUT2D eigenvalue weighted by Crippen LogP contribution is 2.14. The molecule has 3 nitrogen and oxygen atoms in total. The van der Waals surface area contributed by atoms with Gasteiger partial charge in [0.1, 0.15) is 1.37 Å². The largest absolute Gasteiger partial charge is 0.332 e. The minimum atomic E-state index is 0.343. The van der Waals surface area contributed by atoms with Gasteiger partial charge >= 0.3 is 0 Å². The molecule has 0 aliphatic carbocycles. The first-order valence-electron chi connectivity index (χ1n) is 4.04. The van der Waals surface area contributed by atoms with Crippen molar-refractivity contribution in [3.63, 3.8) is 0 Å². The van der Waals surface area contributed by atoms with Crippen LogP contribution in [-0.4, -0.2) is 16.1 Å². The fourth-order valence-electron chi connectivity index (χ4n) is 1.31. The van der Waals surface area contributed by atoms with Gasteiger partial charge in [0.25, 0.3) is 0 Å². The molecule has 10 heavy (non-hydrogen) atoms. The summed E-state index contributed by atoms with van der Waals surface area (Å²) in [5, 5.41) is 3.31. The first-order chi connectivity index (χ1) is 5.29. The van der Waals surface area contributed by atoms with Gasteiger partial charge in [-0.3, -0.25) is 0 Å². The summed E-state index contributed by atoms with van der Waals surface area (Å²) in [5.74, 6) is 0. The van der Waals surface area contributed by atoms with Crippen LogP contribution in [0.4, 0.5) is 0 Å². The molecule has 2 heterocycles. The van der Waals surface area contributed by atoms with Crippen LogP contribution in [0, 0.1) is 0 Å². The maximum absolute atomic E-state index is 7.44. The second kappa shape index (κ2) is 2.09. The Morgan fingerprint density at radius 2 is 2.90 bits per heavy atom. The van der Waals surface area contributed by atoms with Crippen molar-refractivity contribution in [3.8, 4) is 0 Å². The monoisotopic (exact) mass is 138 g/mol. The van der Waals surface area contributed by atoms with Crippen LogP contribution in [0.25, 0.3) is 0 Å². The number of hydrogen-bond donors (Lipinski definition) is 1. The van der Waals surface area contributed by atoms with E-state index in [1.54, 1.807) is 6.20 Å². The molecule has 1 N–H and O–H groups in total. The standard InChI is InChI=1S/C7H11N3/c1-6-7-4-8-5-10(7)3-2-9-6/h4-6,9H,2-3H2,1H3/i5D. The van der Waals surface area contributed by atoms with Crippen molar-refractivity contribution in [1.29, 1.82) is 0 Å². The molecule has 0 bridgehead atoms. The molecule has 1 aliphatic rings. The van der Waals surface area contributed by atoms with Gasteiger partial charge < -0.3 is 9.88 Å². The maximum atomic E-state index is 7.44. The van der Waals surface area contributed by atoms with Crippen LogP contribution in [-0.2, 0) is 6.54 Å². The smallest absolute Gasteiger partial charge is 0.104 e. The first-order valence-corrected chi connectivity index (χ1v) is 3.54. The van der Waals surface area contributed by atoms with E-state index in [4.69, 9.17) is 1.37 Å². The van der Waals surface area contributed by atoms with Crippen molar-refractivity contribution in [3.05, 3.63) is 18.2 Å². The number of fused-ring (bicyclic) bond motifs is 1. The molecule has 0 spiro atoms. The van der Waals surface area contributed by atoms with Crippen LogP contribution >= 0.6 is 0 Å². The number of hydrogen-bond acceptors (Lipinski definition) is 2. The number of aromatic nitrogens is 2. The van der Waals surface area contributed by atoms with E-state index in [0.29, 0.717) is 12.3 Å². The van der Waals surface area contributed by atoms with Crippen molar-refractivity contribution in [1.82, 2.24) is 14.9 Å². The molecule has 0 aromatic carbocycles. The van der Waals surface area contributed by atoms with Crippen molar-refractivity contribution >= 4 is 0 Å². The lowest BCUT2D eigenvalue weighted by molar-refractivity contribution is 0.448. The Balaban J connectivity index is 2.46. The molecule has 0 saturated carbocycles. The summed E-state index contributed by atoms with van der Waals surface area (Å²) in [6.45, 7) is 3.90. The minimum Gasteiger partial charge on any atom is -0.332 e. The van der Waals surface area contributed by atoms with Gasteiger partial charge in [0, 0.05) is 25.3 Å². The number of nitrogens with one attached hydrogen (secondary N) is 1. The van der Waals surface area contributed by atoms with Gasteiger partial charge in [0.2, 0.25) is 0 Å². The summed E-state index contributed by atoms with van der Waals surface area (Å²) in [7, 11) is 0. The molecule has 1 aliphatic heterocycles. The van der Waals surface area contributed by atoms with E-state index in [2.05, 4.69) is 17.2 Å². The highest BCUT2D eigenvalue weighted by Gasteiger charge is 2.13. The third-order valence-electron chi connectivity index (χ3n) is 1.92. The lowest BCUT2D eigenvalue weighted by Gasteiger charge is -2.21. The predicted molar refractivity (Wildman–Crippen MR) is 38.6 cm³/mol. The first kappa shape index (κ1) is 4.91. The van der Waals surface area contributed by atoms with Gasteiger partial charge in [0.15, 0.2) is 0 Å². The molecule has 1 atom stereocenters. The average molecular weight is 138 g/mol. The Bertz CT molecular complexity index is 269. The Labute approximate surface area is 61.5 Å². The van der Waals surface area contributed by atoms with Crippen LogP contribution in [0.5, 0.6) is 0 Å². The van der Waals surface area contributed by atoms with Gasteiger partial charge in [-0.15, -0.1) is 0 Å². The fraction of sp³-hybridized carbons (Fsp3) is 0.571. The van der Waals surface area contributed by atoms with Crippen molar-refractivity contribution < 1.29 is 1.37 Å². The zero-order valence-corrected chi connectivity index (χ0v) is 5.96. The lowest BCUT2D eigenvalue weighted by atomic mass is 10.2. The van der Waals surface area contributed by atoms with Crippen molar-refractivity contribution in [2.75, 3.05) is 6.54 Å². The van der Waals surface area contributed by atoms with Crippen LogP contribution < -0.4 is 5.32 Å². The van der Waals surface area contributed by atoms with E-state index < -0.39 is 0 Å². The molecule has 1 aromatic heterocycles. The predicted octanol–water partition coefficient (Wildman–Crippen LogP) is 0.547. The highest BCUT2D eigenvalue weighted by atomic mass is 15.1. The Hall–Kier alpha value is -0.830. The highest BCUT2D eigenvalue weighted by molar-refractivity contribution is 5.06. The van der Waals surface area contributed by atoms with Crippen LogP contribution in [0.3, 0.4) is 0 Å². The maximum Gasteiger partial charge on any atom is 0.104 e. The van der Waals surface area contributed by atoms with E-state index in [1.165, 1.54) is 0 Å². The summed E-state index contributed by atoms with van der Waals surface area (Å²) >= 11 is 0. The normalized spacial score (nSPS) is 25.7. The molecule has 54 valence electrons. The van der Waals surface area contributed by atoms with E-state index in [-0.39, 0.29) is 0 Å². The fourth-order valence-corrected chi connectivity index (χ4v) is 1.31. The zero-order valence-electron chi connectivity index (χ0n) is 6.96. The summed E-state index contributed by atoms with van der Waals surface area (Å²) in [6.07, 6.45) is 2.16. The minimum absolute atomic E-state index is 0.343. The molecule has 1 unspecified atom stereocenters. The number of nitrogens with zero attached hydrogens (tertiary/aromatic N) is 2. The van der Waals surface area contributed by atoms with E-state index in [0.717, 1.165) is 18.8 Å². The summed E-state index contributed by atoms with van der Waals surface area (Å²) in [5.41, 5.74) is 1.13. The van der Waals surface area contributed by atoms with Gasteiger partial charge in [-0.05, 0) is 6.92 Å². The molecule has 0 radical (unpaired) electrons. The van der Waals surface area contributed by atoms with E-state index >= 15 is 0 Å². The quantitative estimate of drug-likeness (QED) is 0.567. The van der Waals surface area contributed by atoms with Gasteiger partial charge in [-0.2, -0.15) is 0 Å². The van der Waals surface area contributed by atoms with Crippen LogP contribution in [0.15, 0.2) is 12.5 Å². The summed E-state index contributed by atoms with van der Waals surface area (Å²) in [6, 6.07) is 0.343. The molecule has 3 heteroatoms. The molecule has 0 saturated heterocycles. The van der Waals surface area contributed by atoms with Crippen molar-refractivity contribution in [2.45, 2.75) is 19.5 Å². The molecule has 1 aromatic rings. The third-order valence-corrected chi connectivity index (χ3v) is 1.92. The van der Waals surface area contributed by atoms with Gasteiger partial charge in [-0.1, -0.05) is 0 Å². The second-order valence-corrected chi connectivity index (χ2v) is 2.61. The molecular formula is C7H11N3. The van der Waals surface area contributed by atoms with Crippen LogP contribution in [0.2, 0.25) is 0 Å². The van der Waals surface area contributed by atoms with Gasteiger partial charge in [-0.25, -0.2) is 4.98 Å². The topological polar surface area (TPSA) is 29.9 Å². The van der Waals surface area contributed by atoms with E-state index in [1.807, 2.05) is 4.57 Å². The molecular weight excluding hydrogens is 126 g/mol. The SMILES string of the molecule is [2H]c1ncc2n1CCNC2C. The second-order valence-electron chi connectivity index (χ2n) is 2.61. The Kier molecular flexibility index (Phi) is 1.03. The zero-order chi connectivity index (χ0) is 7.84. The Morgan fingerprint density at radius 3 is 3.70 bits per heavy atom. The number of imidazole rings is 1. The lowest BCUT2D eigenvalue weighted by Crippen LogP contribution is -2.30. The summed E-state index contributed by atoms with van der Waals surface area (Å²) < 4.78 is 9.39. The van der Waals surface area contributed by atoms with Crippen LogP contribution in [0.1, 0.15) is 20.0 Å². The summed E-state index contributed by atoms with van der Waals surface area (Å²) in [4.78, 5) is 3.94. The molecule has 2 rings (SSSR count). The molecule has 0 amide bonds. The van der Waals surface area contributed by atoms with Crippen molar-refractivity contribution in [2.24, 2.45) is 0 Å². The third kappa shape index (κ3) is 0.743. The molecule has 0 fully saturated rings. The Morgan fingerprint density at radius 1 is 2.00 bits per heavy atom.